The second-order valence-electron chi connectivity index (χ2n) is 4.37. The van der Waals surface area contributed by atoms with E-state index in [1.165, 1.54) is 6.07 Å². The lowest BCUT2D eigenvalue weighted by Gasteiger charge is -2.09. The number of halogens is 1. The van der Waals surface area contributed by atoms with Crippen molar-refractivity contribution < 1.29 is 9.66 Å². The topological polar surface area (TPSA) is 52.4 Å². The minimum atomic E-state index is -0.406. The lowest BCUT2D eigenvalue weighted by atomic mass is 9.93. The Morgan fingerprint density at radius 3 is 2.68 bits per heavy atom. The molecule has 1 heterocycles. The molecule has 1 aliphatic rings. The highest BCUT2D eigenvalue weighted by Gasteiger charge is 2.32. The number of nitrogens with zero attached hydrogens (tertiary/aromatic N) is 1. The van der Waals surface area contributed by atoms with E-state index < -0.39 is 4.92 Å². The smallest absolute Gasteiger partial charge is 0.312 e. The minimum absolute atomic E-state index is 0.0165. The van der Waals surface area contributed by atoms with Gasteiger partial charge in [0, 0.05) is 22.0 Å². The molecule has 1 aliphatic heterocycles. The first-order valence-electron chi connectivity index (χ1n) is 5.82. The molecule has 3 rings (SSSR count). The number of benzene rings is 2. The Labute approximate surface area is 118 Å². The van der Waals surface area contributed by atoms with E-state index in [-0.39, 0.29) is 11.6 Å². The van der Waals surface area contributed by atoms with Crippen molar-refractivity contribution in [3.63, 3.8) is 0 Å². The van der Waals surface area contributed by atoms with Crippen molar-refractivity contribution in [3.05, 3.63) is 68.2 Å². The summed E-state index contributed by atoms with van der Waals surface area (Å²) >= 11 is 3.32. The fourth-order valence-electron chi connectivity index (χ4n) is 2.37. The van der Waals surface area contributed by atoms with Gasteiger partial charge < -0.3 is 4.74 Å². The van der Waals surface area contributed by atoms with Crippen LogP contribution in [-0.4, -0.2) is 11.5 Å². The zero-order valence-electron chi connectivity index (χ0n) is 9.88. The van der Waals surface area contributed by atoms with Gasteiger partial charge in [-0.1, -0.05) is 46.3 Å². The monoisotopic (exact) mass is 319 g/mol. The summed E-state index contributed by atoms with van der Waals surface area (Å²) in [6, 6.07) is 13.3. The molecule has 0 saturated carbocycles. The molecule has 0 saturated heterocycles. The molecule has 0 amide bonds. The Hall–Kier alpha value is -1.88. The van der Waals surface area contributed by atoms with Crippen LogP contribution in [0.25, 0.3) is 0 Å². The maximum Gasteiger partial charge on any atom is 0.312 e. The highest BCUT2D eigenvalue weighted by Crippen LogP contribution is 2.45. The van der Waals surface area contributed by atoms with Crippen molar-refractivity contribution in [1.29, 1.82) is 0 Å². The van der Waals surface area contributed by atoms with E-state index in [4.69, 9.17) is 4.74 Å². The van der Waals surface area contributed by atoms with Crippen LogP contribution in [0.3, 0.4) is 0 Å². The maximum atomic E-state index is 11.1. The molecule has 5 heteroatoms. The quantitative estimate of drug-likeness (QED) is 0.623. The molecule has 96 valence electrons. The van der Waals surface area contributed by atoms with Crippen LogP contribution < -0.4 is 4.74 Å². The predicted octanol–water partition coefficient (Wildman–Crippen LogP) is 3.88. The van der Waals surface area contributed by atoms with Gasteiger partial charge in [0.05, 0.1) is 11.5 Å². The molecule has 0 bridgehead atoms. The first-order valence-corrected chi connectivity index (χ1v) is 6.61. The standard InChI is InChI=1S/C14H10BrNO3/c15-10-6-11-12(9-4-2-1-3-5-9)8-19-14(11)13(7-10)16(17)18/h1-7,12H,8H2. The summed E-state index contributed by atoms with van der Waals surface area (Å²) in [6.07, 6.45) is 0. The second-order valence-corrected chi connectivity index (χ2v) is 5.29. The number of rotatable bonds is 2. The Kier molecular flexibility index (Phi) is 2.98. The van der Waals surface area contributed by atoms with Crippen molar-refractivity contribution in [3.8, 4) is 5.75 Å². The minimum Gasteiger partial charge on any atom is -0.486 e. The molecule has 19 heavy (non-hydrogen) atoms. The van der Waals surface area contributed by atoms with Gasteiger partial charge in [0.2, 0.25) is 5.75 Å². The van der Waals surface area contributed by atoms with E-state index in [1.54, 1.807) is 0 Å². The molecule has 0 spiro atoms. The Morgan fingerprint density at radius 2 is 2.00 bits per heavy atom. The van der Waals surface area contributed by atoms with Gasteiger partial charge in [-0.05, 0) is 11.6 Å². The average Bonchev–Trinajstić information content (AvgIpc) is 2.82. The summed E-state index contributed by atoms with van der Waals surface area (Å²) in [5, 5.41) is 11.1. The molecule has 0 N–H and O–H groups in total. The summed E-state index contributed by atoms with van der Waals surface area (Å²) in [4.78, 5) is 10.7. The number of fused-ring (bicyclic) bond motifs is 1. The average molecular weight is 320 g/mol. The molecule has 0 aliphatic carbocycles. The molecule has 0 radical (unpaired) electrons. The third-order valence-electron chi connectivity index (χ3n) is 3.23. The van der Waals surface area contributed by atoms with Crippen LogP contribution in [0.2, 0.25) is 0 Å². The molecule has 1 atom stereocenters. The molecular formula is C14H10BrNO3. The Balaban J connectivity index is 2.13. The number of hydrogen-bond acceptors (Lipinski definition) is 3. The summed E-state index contributed by atoms with van der Waals surface area (Å²) in [5.41, 5.74) is 1.99. The highest BCUT2D eigenvalue weighted by molar-refractivity contribution is 9.10. The molecule has 0 fully saturated rings. The molecule has 2 aromatic carbocycles. The van der Waals surface area contributed by atoms with Crippen molar-refractivity contribution >= 4 is 21.6 Å². The van der Waals surface area contributed by atoms with Crippen molar-refractivity contribution in [2.75, 3.05) is 6.61 Å². The van der Waals surface area contributed by atoms with Crippen LogP contribution in [0.15, 0.2) is 46.9 Å². The molecule has 0 aromatic heterocycles. The van der Waals surface area contributed by atoms with Gasteiger partial charge in [-0.3, -0.25) is 10.1 Å². The predicted molar refractivity (Wildman–Crippen MR) is 74.6 cm³/mol. The third-order valence-corrected chi connectivity index (χ3v) is 3.69. The fraction of sp³-hybridized carbons (Fsp3) is 0.143. The van der Waals surface area contributed by atoms with Crippen LogP contribution in [0.5, 0.6) is 5.75 Å². The van der Waals surface area contributed by atoms with Gasteiger partial charge in [-0.15, -0.1) is 0 Å². The maximum absolute atomic E-state index is 11.1. The van der Waals surface area contributed by atoms with Crippen molar-refractivity contribution in [2.24, 2.45) is 0 Å². The molecule has 2 aromatic rings. The lowest BCUT2D eigenvalue weighted by Crippen LogP contribution is -2.01. The van der Waals surface area contributed by atoms with Gasteiger partial charge in [-0.25, -0.2) is 0 Å². The molecular weight excluding hydrogens is 310 g/mol. The molecule has 1 unspecified atom stereocenters. The fourth-order valence-corrected chi connectivity index (χ4v) is 2.83. The number of ether oxygens (including phenoxy) is 1. The third kappa shape index (κ3) is 2.10. The number of hydrogen-bond donors (Lipinski definition) is 0. The largest absolute Gasteiger partial charge is 0.486 e. The van der Waals surface area contributed by atoms with Crippen molar-refractivity contribution in [2.45, 2.75) is 5.92 Å². The van der Waals surface area contributed by atoms with Crippen LogP contribution in [0.1, 0.15) is 17.0 Å². The van der Waals surface area contributed by atoms with E-state index in [0.29, 0.717) is 16.8 Å². The lowest BCUT2D eigenvalue weighted by molar-refractivity contribution is -0.385. The van der Waals surface area contributed by atoms with Gasteiger partial charge in [0.15, 0.2) is 0 Å². The van der Waals surface area contributed by atoms with E-state index in [2.05, 4.69) is 15.9 Å². The SMILES string of the molecule is O=[N+]([O-])c1cc(Br)cc2c1OCC2c1ccccc1. The number of nitro benzene ring substituents is 1. The van der Waals surface area contributed by atoms with Crippen LogP contribution in [0, 0.1) is 10.1 Å². The summed E-state index contributed by atoms with van der Waals surface area (Å²) in [6.45, 7) is 0.441. The normalized spacial score (nSPS) is 16.8. The number of nitro groups is 1. The highest BCUT2D eigenvalue weighted by atomic mass is 79.9. The summed E-state index contributed by atoms with van der Waals surface area (Å²) in [7, 11) is 0. The second kappa shape index (κ2) is 4.66. The Morgan fingerprint density at radius 1 is 1.26 bits per heavy atom. The summed E-state index contributed by atoms with van der Waals surface area (Å²) < 4.78 is 6.25. The zero-order valence-corrected chi connectivity index (χ0v) is 11.5. The Bertz CT molecular complexity index is 643. The van der Waals surface area contributed by atoms with Gasteiger partial charge >= 0.3 is 5.69 Å². The van der Waals surface area contributed by atoms with E-state index in [0.717, 1.165) is 11.1 Å². The van der Waals surface area contributed by atoms with Crippen molar-refractivity contribution in [1.82, 2.24) is 0 Å². The van der Waals surface area contributed by atoms with E-state index in [1.807, 2.05) is 36.4 Å². The van der Waals surface area contributed by atoms with Crippen LogP contribution in [0.4, 0.5) is 5.69 Å². The zero-order chi connectivity index (χ0) is 13.4. The van der Waals surface area contributed by atoms with Crippen LogP contribution in [-0.2, 0) is 0 Å². The molecule has 4 nitrogen and oxygen atoms in total. The first-order chi connectivity index (χ1) is 9.16. The van der Waals surface area contributed by atoms with E-state index >= 15 is 0 Å². The van der Waals surface area contributed by atoms with Crippen LogP contribution >= 0.6 is 15.9 Å². The van der Waals surface area contributed by atoms with Gasteiger partial charge in [0.1, 0.15) is 0 Å². The van der Waals surface area contributed by atoms with Gasteiger partial charge in [0.25, 0.3) is 0 Å². The first kappa shape index (κ1) is 12.2. The van der Waals surface area contributed by atoms with Gasteiger partial charge in [-0.2, -0.15) is 0 Å². The van der Waals surface area contributed by atoms with E-state index in [9.17, 15) is 10.1 Å². The summed E-state index contributed by atoms with van der Waals surface area (Å²) in [5.74, 6) is 0.439.